The second-order valence-electron chi connectivity index (χ2n) is 22.8. The molecule has 0 bridgehead atoms. The molecular formula is C63H50Br3Cl10N15O8. The van der Waals surface area contributed by atoms with Crippen LogP contribution in [0.1, 0.15) is 119 Å². The number of aliphatic imine (C=N–C) groups is 1. The van der Waals surface area contributed by atoms with Crippen LogP contribution in [0.2, 0.25) is 45.2 Å². The Morgan fingerprint density at radius 3 is 1.28 bits per heavy atom. The van der Waals surface area contributed by atoms with Gasteiger partial charge in [0.25, 0.3) is 17.1 Å². The second kappa shape index (κ2) is 33.3. The number of carbonyl (C=O) groups excluding carboxylic acids is 8. The number of nitrogens with two attached hydrogens (primary N) is 3. The molecule has 0 atom stereocenters. The number of aromatic nitrogens is 9. The maximum Gasteiger partial charge on any atom is 0.274 e. The molecule has 0 unspecified atom stereocenters. The smallest absolute Gasteiger partial charge is 0.274 e. The zero-order valence-electron chi connectivity index (χ0n) is 51.9. The number of hydrogen-bond acceptors (Lipinski definition) is 16. The Kier molecular flexibility index (Phi) is 26.7. The van der Waals surface area contributed by atoms with E-state index in [2.05, 4.69) is 93.7 Å². The van der Waals surface area contributed by atoms with Gasteiger partial charge in [0.15, 0.2) is 34.8 Å². The van der Waals surface area contributed by atoms with Crippen molar-refractivity contribution in [2.45, 2.75) is 66.3 Å². The van der Waals surface area contributed by atoms with Crippen LogP contribution in [0.15, 0.2) is 128 Å². The molecule has 3 aromatic carbocycles. The number of nitrogens with zero attached hydrogens (tertiary/aromatic N) is 10. The first-order valence-electron chi connectivity index (χ1n) is 28.1. The molecule has 1 aliphatic heterocycles. The van der Waals surface area contributed by atoms with Crippen LogP contribution in [0.5, 0.6) is 0 Å². The van der Waals surface area contributed by atoms with Crippen LogP contribution in [0.4, 0.5) is 17.1 Å². The molecule has 23 nitrogen and oxygen atoms in total. The van der Waals surface area contributed by atoms with Gasteiger partial charge < -0.3 is 27.8 Å². The zero-order chi connectivity index (χ0) is 73.5. The van der Waals surface area contributed by atoms with Gasteiger partial charge in [-0.3, -0.25) is 43.3 Å². The van der Waals surface area contributed by atoms with Gasteiger partial charge in [0.1, 0.15) is 36.4 Å². The summed E-state index contributed by atoms with van der Waals surface area (Å²) in [6.45, 7) is 9.75. The zero-order valence-corrected chi connectivity index (χ0v) is 64.2. The van der Waals surface area contributed by atoms with Crippen molar-refractivity contribution >= 4 is 233 Å². The van der Waals surface area contributed by atoms with E-state index in [1.165, 1.54) is 68.8 Å². The summed E-state index contributed by atoms with van der Waals surface area (Å²) in [5.74, 6) is -2.29. The Morgan fingerprint density at radius 2 is 0.889 bits per heavy atom. The molecule has 7 heterocycles. The minimum atomic E-state index is -1.12. The van der Waals surface area contributed by atoms with Gasteiger partial charge in [0, 0.05) is 81.4 Å². The number of benzene rings is 3. The molecule has 10 rings (SSSR count). The van der Waals surface area contributed by atoms with Crippen LogP contribution < -0.4 is 27.8 Å². The predicted molar refractivity (Wildman–Crippen MR) is 396 cm³/mol. The van der Waals surface area contributed by atoms with Crippen LogP contribution in [0.3, 0.4) is 0 Å². The van der Waals surface area contributed by atoms with Crippen molar-refractivity contribution in [3.8, 4) is 17.5 Å². The van der Waals surface area contributed by atoms with Crippen molar-refractivity contribution in [3.63, 3.8) is 0 Å². The molecule has 6 aromatic heterocycles. The highest BCUT2D eigenvalue weighted by Gasteiger charge is 2.37. The summed E-state index contributed by atoms with van der Waals surface area (Å²) < 4.78 is 5.13. The molecule has 36 heteroatoms. The van der Waals surface area contributed by atoms with Crippen molar-refractivity contribution in [1.82, 2.24) is 44.3 Å². The Balaban J connectivity index is 0.000000194. The SMILES string of the molecule is CC(C)(CC(=O)c1cc(Cl)cc(Cl)c1N)C(N)=O.CC(C)(CC(=O)c1cc(Cl)cc(Cl)c1NC(=O)c1cc(Br)nn1-c1ncccc1Cl)C(N)=O.CC1(C)N=C(c2cc(Cl)cc(Cl)c2NC(=O)c2cc(Br)nn2-c2ncccc2Cl)CC1=O.O=C(Cl)c1cc(Br)nn1-c1ncccc1Cl. The number of halogens is 13. The number of rotatable bonds is 17. The number of pyridine rings is 3. The van der Waals surface area contributed by atoms with Crippen LogP contribution in [0.25, 0.3) is 17.5 Å². The third kappa shape index (κ3) is 19.8. The van der Waals surface area contributed by atoms with E-state index in [-0.39, 0.29) is 101 Å². The highest BCUT2D eigenvalue weighted by molar-refractivity contribution is 9.11. The Labute approximate surface area is 639 Å². The summed E-state index contributed by atoms with van der Waals surface area (Å²) in [5, 5.41) is 19.7. The molecule has 9 aromatic rings. The molecule has 0 spiro atoms. The lowest BCUT2D eigenvalue weighted by atomic mass is 9.84. The Hall–Kier alpha value is -6.89. The van der Waals surface area contributed by atoms with E-state index in [1.807, 2.05) is 0 Å². The van der Waals surface area contributed by atoms with Gasteiger partial charge in [-0.15, -0.1) is 0 Å². The normalized spacial score (nSPS) is 12.4. The average Bonchev–Trinajstić information content (AvgIpc) is 1.80. The first-order chi connectivity index (χ1) is 46.2. The summed E-state index contributed by atoms with van der Waals surface area (Å²) in [6, 6.07) is 23.2. The van der Waals surface area contributed by atoms with E-state index >= 15 is 0 Å². The average molecular weight is 1740 g/mol. The number of primary amides is 2. The van der Waals surface area contributed by atoms with Crippen molar-refractivity contribution in [2.24, 2.45) is 27.3 Å². The molecule has 1 aliphatic rings. The first-order valence-corrected chi connectivity index (χ1v) is 34.3. The number of carbonyl (C=O) groups is 8. The molecule has 0 saturated carbocycles. The van der Waals surface area contributed by atoms with Crippen LogP contribution in [0, 0.1) is 10.8 Å². The summed E-state index contributed by atoms with van der Waals surface area (Å²) in [6.07, 6.45) is 4.45. The molecular weight excluding hydrogens is 1690 g/mol. The fourth-order valence-corrected chi connectivity index (χ4v) is 12.2. The number of nitrogens with one attached hydrogen (secondary N) is 2. The summed E-state index contributed by atoms with van der Waals surface area (Å²) >= 11 is 70.3. The summed E-state index contributed by atoms with van der Waals surface area (Å²) in [5.41, 5.74) is 15.6. The molecule has 8 N–H and O–H groups in total. The van der Waals surface area contributed by atoms with Gasteiger partial charge >= 0.3 is 0 Å². The Bertz CT molecular complexity index is 4770. The van der Waals surface area contributed by atoms with Crippen LogP contribution in [-0.4, -0.2) is 102 Å². The highest BCUT2D eigenvalue weighted by Crippen LogP contribution is 2.38. The number of nitrogen functional groups attached to an aromatic ring is 1. The lowest BCUT2D eigenvalue weighted by Gasteiger charge is -2.20. The fourth-order valence-electron chi connectivity index (χ4n) is 8.75. The minimum Gasteiger partial charge on any atom is -0.397 e. The van der Waals surface area contributed by atoms with E-state index in [1.54, 1.807) is 96.4 Å². The maximum absolute atomic E-state index is 13.3. The molecule has 0 saturated heterocycles. The summed E-state index contributed by atoms with van der Waals surface area (Å²) in [4.78, 5) is 115. The number of ketones is 3. The lowest BCUT2D eigenvalue weighted by Crippen LogP contribution is -2.33. The number of Topliss-reactive ketones (excluding diaryl/α,β-unsaturated/α-hetero) is 3. The molecule has 0 fully saturated rings. The monoisotopic (exact) mass is 1730 g/mol. The fraction of sp³-hybridized carbons (Fsp3) is 0.190. The van der Waals surface area contributed by atoms with Gasteiger partial charge in [-0.1, -0.05) is 132 Å². The molecule has 0 aliphatic carbocycles. The quantitative estimate of drug-likeness (QED) is 0.0321. The van der Waals surface area contributed by atoms with Crippen molar-refractivity contribution < 1.29 is 38.4 Å². The minimum absolute atomic E-state index is 0.0346. The number of amides is 4. The van der Waals surface area contributed by atoms with Gasteiger partial charge in [0.05, 0.1) is 70.2 Å². The van der Waals surface area contributed by atoms with Gasteiger partial charge in [-0.05, 0) is 146 Å². The number of anilines is 3. The van der Waals surface area contributed by atoms with Gasteiger partial charge in [-0.2, -0.15) is 15.3 Å². The standard InChI is InChI=1S/C21H17BrCl3N5O3.C21H15BrCl3N5O2.C12H14Cl2N2O2.C9H4BrCl2N3O/c1-21(2,20(26)33)9-15(31)11-6-10(23)7-13(25)17(11)28-19(32)14-8-16(22)29-30(14)18-12(24)4-3-5-27-18;1-21(2)16(31)8-14(28-21)11-6-10(23)7-13(25)18(11)27-20(32)15-9-17(22)29-30(15)19-12(24)4-3-5-26-19;1-12(2,11(16)18)5-9(17)7-3-6(13)4-8(14)10(7)15;10-7-4-6(8(12)16)15(14-7)9-5(11)2-1-3-13-9/h3-8H,9H2,1-2H3,(H2,26,33)(H,28,32);3-7,9H,8H2,1-2H3,(H,27,32);3-4H,5,15H2,1-2H3,(H2,16,18);1-4H. The molecule has 516 valence electrons. The van der Waals surface area contributed by atoms with Crippen molar-refractivity contribution in [1.29, 1.82) is 0 Å². The number of hydrogen-bond donors (Lipinski definition) is 5. The maximum atomic E-state index is 13.3. The first kappa shape index (κ1) is 79.4. The van der Waals surface area contributed by atoms with Gasteiger partial charge in [-0.25, -0.2) is 29.0 Å². The third-order valence-corrected chi connectivity index (χ3v) is 17.9. The second-order valence-corrected chi connectivity index (χ2v) is 29.3. The van der Waals surface area contributed by atoms with E-state index in [9.17, 15) is 38.4 Å². The third-order valence-electron chi connectivity index (χ3n) is 14.1. The van der Waals surface area contributed by atoms with E-state index in [0.717, 1.165) is 0 Å². The Morgan fingerprint density at radius 1 is 0.525 bits per heavy atom. The van der Waals surface area contributed by atoms with Crippen molar-refractivity contribution in [2.75, 3.05) is 16.4 Å². The van der Waals surface area contributed by atoms with E-state index < -0.39 is 51.0 Å². The lowest BCUT2D eigenvalue weighted by molar-refractivity contribution is -0.126. The summed E-state index contributed by atoms with van der Waals surface area (Å²) in [7, 11) is 0. The highest BCUT2D eigenvalue weighted by atomic mass is 79.9. The van der Waals surface area contributed by atoms with Crippen LogP contribution in [-0.2, 0) is 14.4 Å². The van der Waals surface area contributed by atoms with E-state index in [4.69, 9.17) is 133 Å². The van der Waals surface area contributed by atoms with E-state index in [0.29, 0.717) is 62.5 Å². The predicted octanol–water partition coefficient (Wildman–Crippen LogP) is 16.8. The molecule has 4 amide bonds. The van der Waals surface area contributed by atoms with Crippen molar-refractivity contribution in [3.05, 3.63) is 202 Å². The van der Waals surface area contributed by atoms with Gasteiger partial charge in [0.2, 0.25) is 11.8 Å². The molecule has 0 radical (unpaired) electrons. The van der Waals surface area contributed by atoms with Crippen LogP contribution >= 0.6 is 164 Å². The molecule has 99 heavy (non-hydrogen) atoms. The largest absolute Gasteiger partial charge is 0.397 e. The topological polar surface area (TPSA) is 343 Å².